The van der Waals surface area contributed by atoms with E-state index >= 15 is 0 Å². The Hall–Kier alpha value is -2.50. The van der Waals surface area contributed by atoms with Gasteiger partial charge in [0.15, 0.2) is 0 Å². The number of nitrogens with one attached hydrogen (secondary N) is 3. The molecule has 1 aromatic heterocycles. The van der Waals surface area contributed by atoms with Gasteiger partial charge in [0, 0.05) is 17.4 Å². The second kappa shape index (κ2) is 9.62. The number of benzene rings is 2. The molecule has 2 aromatic carbocycles. The van der Waals surface area contributed by atoms with Gasteiger partial charge in [-0.2, -0.15) is 0 Å². The van der Waals surface area contributed by atoms with Gasteiger partial charge in [0.1, 0.15) is 17.5 Å². The lowest BCUT2D eigenvalue weighted by molar-refractivity contribution is 0.0950. The molecule has 0 saturated carbocycles. The number of hydrogen-bond acceptors (Lipinski definition) is 3. The van der Waals surface area contributed by atoms with Gasteiger partial charge in [0.2, 0.25) is 0 Å². The number of ether oxygens (including phenoxy) is 1. The van der Waals surface area contributed by atoms with Crippen molar-refractivity contribution in [2.75, 3.05) is 19.6 Å². The lowest BCUT2D eigenvalue weighted by Crippen LogP contribution is -2.34. The highest BCUT2D eigenvalue weighted by Crippen LogP contribution is 2.28. The molecule has 1 fully saturated rings. The van der Waals surface area contributed by atoms with E-state index in [-0.39, 0.29) is 24.4 Å². The minimum Gasteiger partial charge on any atom is -0.490 e. The number of rotatable bonds is 6. The molecule has 1 aliphatic heterocycles. The van der Waals surface area contributed by atoms with E-state index < -0.39 is 0 Å². The standard InChI is InChI=1S/C22H25N3O2.ClH/c26-22(24-14-9-16-5-2-1-3-6-16)20-15-18-19(25-20)7-4-8-21(18)27-17-10-12-23-13-11-17;/h1-8,15,17,23,25H,9-14H2,(H,24,26);1H. The molecule has 3 aromatic rings. The molecule has 28 heavy (non-hydrogen) atoms. The van der Waals surface area contributed by atoms with Crippen LogP contribution in [0.1, 0.15) is 28.9 Å². The Morgan fingerprint density at radius 2 is 1.86 bits per heavy atom. The summed E-state index contributed by atoms with van der Waals surface area (Å²) in [6.07, 6.45) is 3.06. The Balaban J connectivity index is 0.00000225. The molecule has 148 valence electrons. The Labute approximate surface area is 171 Å². The number of hydrogen-bond donors (Lipinski definition) is 3. The van der Waals surface area contributed by atoms with Crippen LogP contribution in [0.5, 0.6) is 5.75 Å². The average molecular weight is 400 g/mol. The van der Waals surface area contributed by atoms with E-state index in [1.165, 1.54) is 5.56 Å². The first-order chi connectivity index (χ1) is 13.3. The average Bonchev–Trinajstić information content (AvgIpc) is 3.15. The third kappa shape index (κ3) is 4.86. The van der Waals surface area contributed by atoms with Crippen molar-refractivity contribution in [3.05, 3.63) is 65.9 Å². The number of aromatic nitrogens is 1. The Kier molecular flexibility index (Phi) is 6.95. The summed E-state index contributed by atoms with van der Waals surface area (Å²) in [6, 6.07) is 18.0. The molecule has 0 radical (unpaired) electrons. The van der Waals surface area contributed by atoms with Crippen LogP contribution in [0.25, 0.3) is 10.9 Å². The molecule has 1 amide bonds. The van der Waals surface area contributed by atoms with Crippen LogP contribution >= 0.6 is 12.4 Å². The minimum atomic E-state index is -0.0880. The summed E-state index contributed by atoms with van der Waals surface area (Å²) in [5.74, 6) is 0.758. The molecule has 0 atom stereocenters. The topological polar surface area (TPSA) is 66.2 Å². The predicted octanol–water partition coefficient (Wildman–Crippen LogP) is 3.69. The smallest absolute Gasteiger partial charge is 0.267 e. The van der Waals surface area contributed by atoms with Crippen LogP contribution in [0, 0.1) is 0 Å². The van der Waals surface area contributed by atoms with Crippen molar-refractivity contribution in [3.63, 3.8) is 0 Å². The van der Waals surface area contributed by atoms with Crippen molar-refractivity contribution in [1.82, 2.24) is 15.6 Å². The monoisotopic (exact) mass is 399 g/mol. The normalized spacial score (nSPS) is 14.4. The van der Waals surface area contributed by atoms with Crippen molar-refractivity contribution in [2.24, 2.45) is 0 Å². The number of piperidine rings is 1. The lowest BCUT2D eigenvalue weighted by atomic mass is 10.1. The van der Waals surface area contributed by atoms with Crippen LogP contribution in [-0.4, -0.2) is 36.6 Å². The quantitative estimate of drug-likeness (QED) is 0.592. The molecule has 2 heterocycles. The first kappa shape index (κ1) is 20.2. The van der Waals surface area contributed by atoms with Gasteiger partial charge in [0.05, 0.1) is 0 Å². The number of halogens is 1. The highest BCUT2D eigenvalue weighted by atomic mass is 35.5. The number of aromatic amines is 1. The maximum absolute atomic E-state index is 12.5. The molecule has 0 aliphatic carbocycles. The van der Waals surface area contributed by atoms with Gasteiger partial charge < -0.3 is 20.4 Å². The van der Waals surface area contributed by atoms with E-state index in [1.807, 2.05) is 42.5 Å². The van der Waals surface area contributed by atoms with E-state index in [1.54, 1.807) is 0 Å². The summed E-state index contributed by atoms with van der Waals surface area (Å²) in [4.78, 5) is 15.7. The fraction of sp³-hybridized carbons (Fsp3) is 0.318. The Bertz CT molecular complexity index is 905. The number of amides is 1. The zero-order chi connectivity index (χ0) is 18.5. The molecule has 0 spiro atoms. The van der Waals surface area contributed by atoms with Gasteiger partial charge in [-0.3, -0.25) is 4.79 Å². The van der Waals surface area contributed by atoms with E-state index in [0.29, 0.717) is 12.2 Å². The van der Waals surface area contributed by atoms with Crippen molar-refractivity contribution < 1.29 is 9.53 Å². The number of carbonyl (C=O) groups is 1. The lowest BCUT2D eigenvalue weighted by Gasteiger charge is -2.24. The van der Waals surface area contributed by atoms with E-state index in [2.05, 4.69) is 27.8 Å². The van der Waals surface area contributed by atoms with Gasteiger partial charge in [-0.1, -0.05) is 36.4 Å². The van der Waals surface area contributed by atoms with Gasteiger partial charge in [-0.05, 0) is 56.1 Å². The molecule has 4 rings (SSSR count). The largest absolute Gasteiger partial charge is 0.490 e. The second-order valence-corrected chi connectivity index (χ2v) is 6.96. The van der Waals surface area contributed by atoms with E-state index in [9.17, 15) is 4.79 Å². The Morgan fingerprint density at radius 1 is 1.07 bits per heavy atom. The fourth-order valence-electron chi connectivity index (χ4n) is 3.51. The van der Waals surface area contributed by atoms with Crippen LogP contribution in [0.2, 0.25) is 0 Å². The molecule has 5 nitrogen and oxygen atoms in total. The second-order valence-electron chi connectivity index (χ2n) is 6.96. The molecule has 1 saturated heterocycles. The van der Waals surface area contributed by atoms with Crippen molar-refractivity contribution in [2.45, 2.75) is 25.4 Å². The van der Waals surface area contributed by atoms with Crippen molar-refractivity contribution >= 4 is 29.2 Å². The number of carbonyl (C=O) groups excluding carboxylic acids is 1. The molecule has 1 aliphatic rings. The maximum atomic E-state index is 12.5. The SMILES string of the molecule is Cl.O=C(NCCc1ccccc1)c1cc2c(OC3CCNCC3)cccc2[nH]1. The van der Waals surface area contributed by atoms with Crippen LogP contribution in [-0.2, 0) is 6.42 Å². The third-order valence-electron chi connectivity index (χ3n) is 4.99. The van der Waals surface area contributed by atoms with Crippen molar-refractivity contribution in [1.29, 1.82) is 0 Å². The molecule has 0 unspecified atom stereocenters. The van der Waals surface area contributed by atoms with Crippen molar-refractivity contribution in [3.8, 4) is 5.75 Å². The molecular formula is C22H26ClN3O2. The highest BCUT2D eigenvalue weighted by molar-refractivity contribution is 5.99. The van der Waals surface area contributed by atoms with E-state index in [4.69, 9.17) is 4.74 Å². The van der Waals surface area contributed by atoms with Crippen LogP contribution in [0.15, 0.2) is 54.6 Å². The first-order valence-electron chi connectivity index (χ1n) is 9.61. The van der Waals surface area contributed by atoms with Gasteiger partial charge in [-0.25, -0.2) is 0 Å². The van der Waals surface area contributed by atoms with Crippen LogP contribution in [0.3, 0.4) is 0 Å². The minimum absolute atomic E-state index is 0. The molecule has 6 heteroatoms. The molecule has 3 N–H and O–H groups in total. The van der Waals surface area contributed by atoms with Gasteiger partial charge in [-0.15, -0.1) is 12.4 Å². The predicted molar refractivity (Wildman–Crippen MR) is 115 cm³/mol. The summed E-state index contributed by atoms with van der Waals surface area (Å²) in [5, 5.41) is 7.30. The highest BCUT2D eigenvalue weighted by Gasteiger charge is 2.17. The van der Waals surface area contributed by atoms with Gasteiger partial charge >= 0.3 is 0 Å². The zero-order valence-electron chi connectivity index (χ0n) is 15.7. The molecule has 0 bridgehead atoms. The summed E-state index contributed by atoms with van der Waals surface area (Å²) >= 11 is 0. The maximum Gasteiger partial charge on any atom is 0.267 e. The van der Waals surface area contributed by atoms with Crippen LogP contribution < -0.4 is 15.4 Å². The first-order valence-corrected chi connectivity index (χ1v) is 9.61. The number of H-pyrrole nitrogens is 1. The number of fused-ring (bicyclic) bond motifs is 1. The summed E-state index contributed by atoms with van der Waals surface area (Å²) in [5.41, 5.74) is 2.71. The van der Waals surface area contributed by atoms with Gasteiger partial charge in [0.25, 0.3) is 5.91 Å². The molecular weight excluding hydrogens is 374 g/mol. The van der Waals surface area contributed by atoms with E-state index in [0.717, 1.165) is 49.0 Å². The van der Waals surface area contributed by atoms with Crippen LogP contribution in [0.4, 0.5) is 0 Å². The summed E-state index contributed by atoms with van der Waals surface area (Å²) < 4.78 is 6.21. The zero-order valence-corrected chi connectivity index (χ0v) is 16.6. The summed E-state index contributed by atoms with van der Waals surface area (Å²) in [7, 11) is 0. The fourth-order valence-corrected chi connectivity index (χ4v) is 3.51. The summed E-state index contributed by atoms with van der Waals surface area (Å²) in [6.45, 7) is 2.59. The third-order valence-corrected chi connectivity index (χ3v) is 4.99. The Morgan fingerprint density at radius 3 is 2.64 bits per heavy atom.